The second-order valence-corrected chi connectivity index (χ2v) is 6.83. The summed E-state index contributed by atoms with van der Waals surface area (Å²) >= 11 is 0. The first-order chi connectivity index (χ1) is 12.1. The van der Waals surface area contributed by atoms with Gasteiger partial charge in [-0.3, -0.25) is 4.79 Å². The van der Waals surface area contributed by atoms with Gasteiger partial charge < -0.3 is 14.4 Å². The highest BCUT2D eigenvalue weighted by Gasteiger charge is 2.53. The van der Waals surface area contributed by atoms with E-state index < -0.39 is 5.41 Å². The third-order valence-electron chi connectivity index (χ3n) is 5.13. The second kappa shape index (κ2) is 6.10. The van der Waals surface area contributed by atoms with Crippen molar-refractivity contribution in [3.8, 4) is 11.5 Å². The average Bonchev–Trinajstić information content (AvgIpc) is 3.44. The summed E-state index contributed by atoms with van der Waals surface area (Å²) in [6, 6.07) is 14.1. The van der Waals surface area contributed by atoms with Crippen LogP contribution in [0.5, 0.6) is 11.5 Å². The van der Waals surface area contributed by atoms with Crippen LogP contribution in [0.3, 0.4) is 0 Å². The molecule has 4 heteroatoms. The molecule has 1 heterocycles. The molecule has 25 heavy (non-hydrogen) atoms. The van der Waals surface area contributed by atoms with Crippen molar-refractivity contribution in [2.75, 3.05) is 24.7 Å². The number of rotatable bonds is 4. The fourth-order valence-electron chi connectivity index (χ4n) is 3.59. The summed E-state index contributed by atoms with van der Waals surface area (Å²) in [6.45, 7) is 5.87. The molecule has 1 fully saturated rings. The highest BCUT2D eigenvalue weighted by atomic mass is 16.6. The summed E-state index contributed by atoms with van der Waals surface area (Å²) < 4.78 is 11.3. The first-order valence-electron chi connectivity index (χ1n) is 8.93. The Balaban J connectivity index is 1.66. The number of aryl methyl sites for hydroxylation is 1. The van der Waals surface area contributed by atoms with Crippen LogP contribution in [-0.2, 0) is 10.2 Å². The fourth-order valence-corrected chi connectivity index (χ4v) is 3.59. The quantitative estimate of drug-likeness (QED) is 0.850. The molecular weight excluding hydrogens is 314 g/mol. The van der Waals surface area contributed by atoms with Crippen molar-refractivity contribution >= 4 is 11.6 Å². The number of anilines is 1. The van der Waals surface area contributed by atoms with Crippen LogP contribution in [0.4, 0.5) is 5.69 Å². The minimum absolute atomic E-state index is 0.178. The van der Waals surface area contributed by atoms with Crippen LogP contribution in [0.25, 0.3) is 0 Å². The van der Waals surface area contributed by atoms with Crippen molar-refractivity contribution in [1.82, 2.24) is 0 Å². The summed E-state index contributed by atoms with van der Waals surface area (Å²) in [5.74, 6) is 1.70. The minimum atomic E-state index is -0.421. The molecular formula is C21H23NO3. The summed E-state index contributed by atoms with van der Waals surface area (Å²) in [6.07, 6.45) is 1.77. The summed E-state index contributed by atoms with van der Waals surface area (Å²) in [5.41, 5.74) is 2.74. The Morgan fingerprint density at radius 2 is 1.84 bits per heavy atom. The van der Waals surface area contributed by atoms with Crippen molar-refractivity contribution in [2.45, 2.75) is 32.1 Å². The number of carbonyl (C=O) groups is 1. The number of hydrogen-bond acceptors (Lipinski definition) is 3. The lowest BCUT2D eigenvalue weighted by Gasteiger charge is -2.28. The lowest BCUT2D eigenvalue weighted by molar-refractivity contribution is -0.121. The van der Waals surface area contributed by atoms with Gasteiger partial charge in [-0.25, -0.2) is 0 Å². The molecule has 130 valence electrons. The van der Waals surface area contributed by atoms with E-state index in [0.717, 1.165) is 41.2 Å². The molecule has 0 bridgehead atoms. The lowest BCUT2D eigenvalue weighted by Crippen LogP contribution is -2.39. The predicted octanol–water partition coefficient (Wildman–Crippen LogP) is 3.85. The van der Waals surface area contributed by atoms with Gasteiger partial charge in [-0.2, -0.15) is 0 Å². The van der Waals surface area contributed by atoms with Crippen molar-refractivity contribution in [2.24, 2.45) is 0 Å². The molecule has 0 spiro atoms. The Hall–Kier alpha value is -2.49. The average molecular weight is 337 g/mol. The summed E-state index contributed by atoms with van der Waals surface area (Å²) in [7, 11) is 0. The van der Waals surface area contributed by atoms with E-state index >= 15 is 0 Å². The number of hydrogen-bond donors (Lipinski definition) is 0. The van der Waals surface area contributed by atoms with E-state index in [1.165, 1.54) is 0 Å². The zero-order chi connectivity index (χ0) is 17.4. The maximum absolute atomic E-state index is 13.4. The van der Waals surface area contributed by atoms with E-state index in [-0.39, 0.29) is 5.91 Å². The van der Waals surface area contributed by atoms with Crippen LogP contribution in [0.2, 0.25) is 0 Å². The molecule has 0 atom stereocenters. The first kappa shape index (κ1) is 16.0. The van der Waals surface area contributed by atoms with Crippen LogP contribution in [0.15, 0.2) is 42.5 Å². The van der Waals surface area contributed by atoms with E-state index in [1.807, 2.05) is 42.2 Å². The summed E-state index contributed by atoms with van der Waals surface area (Å²) in [5, 5.41) is 0. The van der Waals surface area contributed by atoms with Crippen molar-refractivity contribution < 1.29 is 14.3 Å². The van der Waals surface area contributed by atoms with Crippen molar-refractivity contribution in [1.29, 1.82) is 0 Å². The number of carbonyl (C=O) groups excluding carboxylic acids is 1. The van der Waals surface area contributed by atoms with Gasteiger partial charge in [0.1, 0.15) is 13.2 Å². The standard InChI is InChI=1S/C21H23NO3/c1-3-22(17-6-4-5-15(2)13-17)20(23)21(9-10-21)16-7-8-18-19(14-16)25-12-11-24-18/h4-8,13-14H,3,9-12H2,1-2H3. The molecule has 2 aromatic rings. The predicted molar refractivity (Wildman–Crippen MR) is 97.6 cm³/mol. The molecule has 0 unspecified atom stereocenters. The number of amides is 1. The van der Waals surface area contributed by atoms with Gasteiger partial charge in [0, 0.05) is 12.2 Å². The minimum Gasteiger partial charge on any atom is -0.486 e. The molecule has 1 saturated carbocycles. The van der Waals surface area contributed by atoms with Gasteiger partial charge in [0.25, 0.3) is 0 Å². The maximum Gasteiger partial charge on any atom is 0.237 e. The first-order valence-corrected chi connectivity index (χ1v) is 8.93. The van der Waals surface area contributed by atoms with Gasteiger partial charge >= 0.3 is 0 Å². The Labute approximate surface area is 148 Å². The van der Waals surface area contributed by atoms with Crippen LogP contribution in [0, 0.1) is 6.92 Å². The van der Waals surface area contributed by atoms with Gasteiger partial charge in [-0.15, -0.1) is 0 Å². The van der Waals surface area contributed by atoms with Crippen molar-refractivity contribution in [3.05, 3.63) is 53.6 Å². The van der Waals surface area contributed by atoms with E-state index in [4.69, 9.17) is 9.47 Å². The topological polar surface area (TPSA) is 38.8 Å². The van der Waals surface area contributed by atoms with Gasteiger partial charge in [-0.1, -0.05) is 18.2 Å². The van der Waals surface area contributed by atoms with E-state index in [2.05, 4.69) is 19.1 Å². The molecule has 1 aliphatic heterocycles. The number of nitrogens with zero attached hydrogens (tertiary/aromatic N) is 1. The van der Waals surface area contributed by atoms with Gasteiger partial charge in [0.15, 0.2) is 11.5 Å². The number of benzene rings is 2. The van der Waals surface area contributed by atoms with Crippen LogP contribution >= 0.6 is 0 Å². The zero-order valence-electron chi connectivity index (χ0n) is 14.7. The number of fused-ring (bicyclic) bond motifs is 1. The Morgan fingerprint density at radius 3 is 2.52 bits per heavy atom. The molecule has 2 aliphatic rings. The second-order valence-electron chi connectivity index (χ2n) is 6.83. The molecule has 0 aromatic heterocycles. The Kier molecular flexibility index (Phi) is 3.91. The normalized spacial score (nSPS) is 17.0. The van der Waals surface area contributed by atoms with E-state index in [1.54, 1.807) is 0 Å². The van der Waals surface area contributed by atoms with Crippen LogP contribution in [0.1, 0.15) is 30.9 Å². The van der Waals surface area contributed by atoms with Gasteiger partial charge in [-0.05, 0) is 62.1 Å². The molecule has 0 radical (unpaired) electrons. The Morgan fingerprint density at radius 1 is 1.08 bits per heavy atom. The molecule has 0 N–H and O–H groups in total. The molecule has 0 saturated heterocycles. The highest BCUT2D eigenvalue weighted by Crippen LogP contribution is 2.51. The smallest absolute Gasteiger partial charge is 0.237 e. The monoisotopic (exact) mass is 337 g/mol. The Bertz CT molecular complexity index is 811. The van der Waals surface area contributed by atoms with Gasteiger partial charge in [0.2, 0.25) is 5.91 Å². The van der Waals surface area contributed by atoms with Crippen LogP contribution < -0.4 is 14.4 Å². The molecule has 2 aromatic carbocycles. The highest BCUT2D eigenvalue weighted by molar-refractivity contribution is 6.03. The van der Waals surface area contributed by atoms with E-state index in [9.17, 15) is 4.79 Å². The number of ether oxygens (including phenoxy) is 2. The molecule has 1 aliphatic carbocycles. The molecule has 1 amide bonds. The summed E-state index contributed by atoms with van der Waals surface area (Å²) in [4.78, 5) is 15.3. The molecule has 4 nitrogen and oxygen atoms in total. The SMILES string of the molecule is CCN(C(=O)C1(c2ccc3c(c2)OCCO3)CC1)c1cccc(C)c1. The zero-order valence-corrected chi connectivity index (χ0v) is 14.7. The molecule has 4 rings (SSSR count). The van der Waals surface area contributed by atoms with Crippen LogP contribution in [-0.4, -0.2) is 25.7 Å². The fraction of sp³-hybridized carbons (Fsp3) is 0.381. The third-order valence-corrected chi connectivity index (χ3v) is 5.13. The largest absolute Gasteiger partial charge is 0.486 e. The lowest BCUT2D eigenvalue weighted by atomic mass is 9.93. The van der Waals surface area contributed by atoms with Crippen molar-refractivity contribution in [3.63, 3.8) is 0 Å². The third kappa shape index (κ3) is 2.76. The van der Waals surface area contributed by atoms with E-state index in [0.29, 0.717) is 19.8 Å². The maximum atomic E-state index is 13.4. The number of likely N-dealkylation sites (N-methyl/N-ethyl adjacent to an activating group) is 1. The van der Waals surface area contributed by atoms with Gasteiger partial charge in [0.05, 0.1) is 5.41 Å².